The van der Waals surface area contributed by atoms with Crippen LogP contribution in [0.1, 0.15) is 64.7 Å². The number of rotatable bonds is 12. The molecule has 0 aliphatic heterocycles. The summed E-state index contributed by atoms with van der Waals surface area (Å²) in [5.41, 5.74) is 0.769. The highest BCUT2D eigenvalue weighted by Crippen LogP contribution is 2.24. The first-order valence-corrected chi connectivity index (χ1v) is 9.05. The van der Waals surface area contributed by atoms with E-state index in [-0.39, 0.29) is 18.1 Å². The van der Waals surface area contributed by atoms with Crippen LogP contribution in [-0.4, -0.2) is 28.1 Å². The number of aliphatic hydroxyl groups is 1. The first-order chi connectivity index (χ1) is 11.5. The second-order valence-corrected chi connectivity index (χ2v) is 6.35. The van der Waals surface area contributed by atoms with Gasteiger partial charge in [-0.25, -0.2) is 0 Å². The Labute approximate surface area is 145 Å². The molecule has 0 heterocycles. The van der Waals surface area contributed by atoms with Crippen LogP contribution in [0.15, 0.2) is 36.0 Å². The molecule has 2 atom stereocenters. The molecular formula is C20H30O4. The van der Waals surface area contributed by atoms with E-state index in [9.17, 15) is 14.7 Å². The maximum atomic E-state index is 11.9. The van der Waals surface area contributed by atoms with Gasteiger partial charge in [-0.2, -0.15) is 0 Å². The smallest absolute Gasteiger partial charge is 0.303 e. The summed E-state index contributed by atoms with van der Waals surface area (Å²) in [4.78, 5) is 22.4. The molecule has 1 rings (SSSR count). The molecule has 134 valence electrons. The van der Waals surface area contributed by atoms with Crippen LogP contribution in [0, 0.1) is 5.92 Å². The summed E-state index contributed by atoms with van der Waals surface area (Å²) < 4.78 is 0. The number of allylic oxidation sites excluding steroid dienone is 5. The van der Waals surface area contributed by atoms with Crippen molar-refractivity contribution in [2.75, 3.05) is 0 Å². The van der Waals surface area contributed by atoms with Crippen molar-refractivity contribution in [3.8, 4) is 0 Å². The van der Waals surface area contributed by atoms with Crippen molar-refractivity contribution in [1.82, 2.24) is 0 Å². The average Bonchev–Trinajstić information content (AvgIpc) is 2.89. The number of carbonyl (C=O) groups is 2. The van der Waals surface area contributed by atoms with E-state index in [0.29, 0.717) is 6.42 Å². The van der Waals surface area contributed by atoms with Gasteiger partial charge in [0.25, 0.3) is 0 Å². The van der Waals surface area contributed by atoms with Crippen LogP contribution in [0.5, 0.6) is 0 Å². The Morgan fingerprint density at radius 3 is 2.75 bits per heavy atom. The normalized spacial score (nSPS) is 20.3. The average molecular weight is 334 g/mol. The number of hydrogen-bond donors (Lipinski definition) is 2. The topological polar surface area (TPSA) is 74.6 Å². The van der Waals surface area contributed by atoms with Crippen LogP contribution < -0.4 is 0 Å². The van der Waals surface area contributed by atoms with Gasteiger partial charge in [0.2, 0.25) is 0 Å². The fourth-order valence-electron chi connectivity index (χ4n) is 2.76. The van der Waals surface area contributed by atoms with E-state index in [1.165, 1.54) is 0 Å². The lowest BCUT2D eigenvalue weighted by molar-refractivity contribution is -0.137. The monoisotopic (exact) mass is 334 g/mol. The third-order valence-electron chi connectivity index (χ3n) is 4.20. The van der Waals surface area contributed by atoms with Gasteiger partial charge >= 0.3 is 5.97 Å². The van der Waals surface area contributed by atoms with E-state index < -0.39 is 12.1 Å². The first-order valence-electron chi connectivity index (χ1n) is 9.05. The molecular weight excluding hydrogens is 304 g/mol. The minimum absolute atomic E-state index is 0.0376. The van der Waals surface area contributed by atoms with Gasteiger partial charge in [-0.15, -0.1) is 0 Å². The molecule has 0 aromatic rings. The van der Waals surface area contributed by atoms with Crippen LogP contribution in [0.3, 0.4) is 0 Å². The lowest BCUT2D eigenvalue weighted by Crippen LogP contribution is -2.05. The van der Waals surface area contributed by atoms with E-state index in [1.54, 1.807) is 12.2 Å². The molecule has 24 heavy (non-hydrogen) atoms. The predicted molar refractivity (Wildman–Crippen MR) is 95.7 cm³/mol. The summed E-state index contributed by atoms with van der Waals surface area (Å²) in [6, 6.07) is 0. The summed E-state index contributed by atoms with van der Waals surface area (Å²) in [5.74, 6) is -0.765. The number of aliphatic hydroxyl groups excluding tert-OH is 1. The van der Waals surface area contributed by atoms with E-state index in [2.05, 4.69) is 6.92 Å². The molecule has 0 spiro atoms. The summed E-state index contributed by atoms with van der Waals surface area (Å²) >= 11 is 0. The number of hydrogen-bond acceptors (Lipinski definition) is 3. The fourth-order valence-corrected chi connectivity index (χ4v) is 2.76. The molecule has 1 aliphatic rings. The molecule has 0 bridgehead atoms. The zero-order chi connectivity index (χ0) is 17.8. The van der Waals surface area contributed by atoms with Crippen LogP contribution in [0.4, 0.5) is 0 Å². The Hall–Kier alpha value is -1.68. The van der Waals surface area contributed by atoms with Crippen LogP contribution >= 0.6 is 0 Å². The quantitative estimate of drug-likeness (QED) is 0.319. The van der Waals surface area contributed by atoms with Crippen molar-refractivity contribution in [2.24, 2.45) is 5.92 Å². The Morgan fingerprint density at radius 2 is 2.04 bits per heavy atom. The zero-order valence-corrected chi connectivity index (χ0v) is 14.6. The Balaban J connectivity index is 2.40. The second kappa shape index (κ2) is 11.8. The van der Waals surface area contributed by atoms with Gasteiger partial charge in [0, 0.05) is 17.9 Å². The van der Waals surface area contributed by atoms with Crippen molar-refractivity contribution < 1.29 is 19.8 Å². The summed E-state index contributed by atoms with van der Waals surface area (Å²) in [5, 5.41) is 18.5. The third-order valence-corrected chi connectivity index (χ3v) is 4.20. The molecule has 0 aromatic carbocycles. The molecule has 2 unspecified atom stereocenters. The molecule has 4 nitrogen and oxygen atoms in total. The van der Waals surface area contributed by atoms with Crippen LogP contribution in [0.25, 0.3) is 0 Å². The van der Waals surface area contributed by atoms with Crippen molar-refractivity contribution >= 4 is 11.8 Å². The van der Waals surface area contributed by atoms with Gasteiger partial charge in [0.15, 0.2) is 5.78 Å². The SMILES string of the molecule is CCCCCC(O)/C=C/C1C=CC(=O)/C1=C/CCCCCC(=O)O. The molecule has 4 heteroatoms. The highest BCUT2D eigenvalue weighted by Gasteiger charge is 2.20. The highest BCUT2D eigenvalue weighted by molar-refractivity contribution is 6.07. The molecule has 1 aliphatic carbocycles. The number of aliphatic carboxylic acids is 1. The number of carboxylic acid groups (broad SMARTS) is 1. The molecule has 0 fully saturated rings. The van der Waals surface area contributed by atoms with Crippen molar-refractivity contribution in [3.05, 3.63) is 36.0 Å². The molecule has 2 N–H and O–H groups in total. The lowest BCUT2D eigenvalue weighted by atomic mass is 9.98. The van der Waals surface area contributed by atoms with Crippen molar-refractivity contribution in [2.45, 2.75) is 70.8 Å². The fraction of sp³-hybridized carbons (Fsp3) is 0.600. The van der Waals surface area contributed by atoms with E-state index in [4.69, 9.17) is 5.11 Å². The first kappa shape index (κ1) is 20.4. The Kier molecular flexibility index (Phi) is 10.0. The summed E-state index contributed by atoms with van der Waals surface area (Å²) in [6.07, 6.45) is 16.1. The van der Waals surface area contributed by atoms with E-state index >= 15 is 0 Å². The highest BCUT2D eigenvalue weighted by atomic mass is 16.4. The standard InChI is InChI=1S/C20H30O4/c1-2-3-6-9-17(21)14-12-16-13-15-19(22)18(16)10-7-4-5-8-11-20(23)24/h10,12-17,21H,2-9,11H2,1H3,(H,23,24)/b14-12+,18-10+. The van der Waals surface area contributed by atoms with Gasteiger partial charge in [0.05, 0.1) is 6.10 Å². The largest absolute Gasteiger partial charge is 0.481 e. The number of unbranched alkanes of at least 4 members (excludes halogenated alkanes) is 5. The predicted octanol–water partition coefficient (Wildman–Crippen LogP) is 4.20. The number of carboxylic acids is 1. The Morgan fingerprint density at radius 1 is 1.25 bits per heavy atom. The minimum Gasteiger partial charge on any atom is -0.481 e. The van der Waals surface area contributed by atoms with Crippen molar-refractivity contribution in [1.29, 1.82) is 0 Å². The molecule has 0 saturated carbocycles. The summed E-state index contributed by atoms with van der Waals surface area (Å²) in [6.45, 7) is 2.13. The third kappa shape index (κ3) is 8.25. The van der Waals surface area contributed by atoms with Gasteiger partial charge in [-0.05, 0) is 31.8 Å². The van der Waals surface area contributed by atoms with Gasteiger partial charge < -0.3 is 10.2 Å². The molecule has 0 aromatic heterocycles. The zero-order valence-electron chi connectivity index (χ0n) is 14.6. The maximum Gasteiger partial charge on any atom is 0.303 e. The Bertz CT molecular complexity index is 488. The van der Waals surface area contributed by atoms with Crippen LogP contribution in [-0.2, 0) is 9.59 Å². The number of ketones is 1. The van der Waals surface area contributed by atoms with Gasteiger partial charge in [-0.1, -0.05) is 56.9 Å². The van der Waals surface area contributed by atoms with E-state index in [1.807, 2.05) is 18.2 Å². The van der Waals surface area contributed by atoms with Crippen LogP contribution in [0.2, 0.25) is 0 Å². The second-order valence-electron chi connectivity index (χ2n) is 6.35. The van der Waals surface area contributed by atoms with E-state index in [0.717, 1.165) is 50.5 Å². The molecule has 0 amide bonds. The van der Waals surface area contributed by atoms with Gasteiger partial charge in [0.1, 0.15) is 0 Å². The van der Waals surface area contributed by atoms with Gasteiger partial charge in [-0.3, -0.25) is 9.59 Å². The molecule has 0 radical (unpaired) electrons. The van der Waals surface area contributed by atoms with Crippen molar-refractivity contribution in [3.63, 3.8) is 0 Å². The maximum absolute atomic E-state index is 11.9. The summed E-state index contributed by atoms with van der Waals surface area (Å²) in [7, 11) is 0. The minimum atomic E-state index is -0.758. The molecule has 0 saturated heterocycles. The lowest BCUT2D eigenvalue weighted by Gasteiger charge is -2.08. The number of carbonyl (C=O) groups excluding carboxylic acids is 1.